The third-order valence-corrected chi connectivity index (χ3v) is 3.79. The summed E-state index contributed by atoms with van der Waals surface area (Å²) in [5, 5.41) is 0. The van der Waals surface area contributed by atoms with Gasteiger partial charge in [-0.2, -0.15) is 0 Å². The second-order valence-electron chi connectivity index (χ2n) is 5.03. The Morgan fingerprint density at radius 2 is 2.16 bits per heavy atom. The summed E-state index contributed by atoms with van der Waals surface area (Å²) in [4.78, 5) is 2.32. The number of likely N-dealkylation sites (N-methyl/N-ethyl adjacent to an activating group) is 1. The summed E-state index contributed by atoms with van der Waals surface area (Å²) < 4.78 is 18.7. The van der Waals surface area contributed by atoms with Crippen LogP contribution in [-0.4, -0.2) is 37.2 Å². The molecule has 1 aromatic rings. The van der Waals surface area contributed by atoms with Gasteiger partial charge in [-0.05, 0) is 37.1 Å². The van der Waals surface area contributed by atoms with Crippen molar-refractivity contribution < 1.29 is 9.13 Å². The molecule has 2 rings (SSSR count). The second-order valence-corrected chi connectivity index (χ2v) is 5.03. The minimum absolute atomic E-state index is 0.134. The molecule has 106 valence electrons. The van der Waals surface area contributed by atoms with E-state index in [1.165, 1.54) is 12.1 Å². The number of rotatable bonds is 6. The summed E-state index contributed by atoms with van der Waals surface area (Å²) in [5.41, 5.74) is 6.99. The lowest BCUT2D eigenvalue weighted by atomic mass is 10.0. The molecule has 1 aliphatic rings. The zero-order valence-electron chi connectivity index (χ0n) is 11.5. The molecule has 0 aromatic heterocycles. The van der Waals surface area contributed by atoms with Gasteiger partial charge in [-0.1, -0.05) is 19.1 Å². The predicted molar refractivity (Wildman–Crippen MR) is 74.4 cm³/mol. The van der Waals surface area contributed by atoms with E-state index in [-0.39, 0.29) is 11.9 Å². The minimum Gasteiger partial charge on any atom is -0.377 e. The van der Waals surface area contributed by atoms with E-state index in [1.807, 2.05) is 12.1 Å². The van der Waals surface area contributed by atoms with E-state index in [9.17, 15) is 4.39 Å². The van der Waals surface area contributed by atoms with Crippen molar-refractivity contribution in [2.24, 2.45) is 5.73 Å². The van der Waals surface area contributed by atoms with Crippen molar-refractivity contribution in [3.8, 4) is 0 Å². The molecule has 1 fully saturated rings. The van der Waals surface area contributed by atoms with E-state index in [0.29, 0.717) is 12.6 Å². The third kappa shape index (κ3) is 3.75. The van der Waals surface area contributed by atoms with Gasteiger partial charge in [0.2, 0.25) is 0 Å². The van der Waals surface area contributed by atoms with Crippen LogP contribution in [-0.2, 0) is 4.74 Å². The van der Waals surface area contributed by atoms with Crippen molar-refractivity contribution in [2.45, 2.75) is 31.9 Å². The predicted octanol–water partition coefficient (Wildman–Crippen LogP) is 2.33. The fourth-order valence-electron chi connectivity index (χ4n) is 2.71. The number of halogens is 1. The molecule has 1 heterocycles. The highest BCUT2D eigenvalue weighted by Gasteiger charge is 2.23. The molecule has 1 aliphatic heterocycles. The number of hydrogen-bond acceptors (Lipinski definition) is 3. The van der Waals surface area contributed by atoms with Crippen molar-refractivity contribution in [1.82, 2.24) is 4.90 Å². The molecule has 0 aliphatic carbocycles. The number of ether oxygens (including phenoxy) is 1. The highest BCUT2D eigenvalue weighted by Crippen LogP contribution is 2.22. The zero-order valence-corrected chi connectivity index (χ0v) is 11.5. The van der Waals surface area contributed by atoms with Gasteiger partial charge in [0.25, 0.3) is 0 Å². The average molecular weight is 266 g/mol. The molecular weight excluding hydrogens is 243 g/mol. The van der Waals surface area contributed by atoms with Crippen LogP contribution in [0.4, 0.5) is 4.39 Å². The van der Waals surface area contributed by atoms with Gasteiger partial charge in [-0.15, -0.1) is 0 Å². The van der Waals surface area contributed by atoms with E-state index in [1.54, 1.807) is 0 Å². The Kier molecular flexibility index (Phi) is 5.31. The smallest absolute Gasteiger partial charge is 0.123 e. The summed E-state index contributed by atoms with van der Waals surface area (Å²) >= 11 is 0. The maximum absolute atomic E-state index is 13.0. The van der Waals surface area contributed by atoms with Crippen LogP contribution in [0.1, 0.15) is 31.4 Å². The Bertz CT molecular complexity index is 376. The number of benzene rings is 1. The Balaban J connectivity index is 2.06. The molecule has 2 atom stereocenters. The van der Waals surface area contributed by atoms with Crippen molar-refractivity contribution in [3.05, 3.63) is 35.6 Å². The van der Waals surface area contributed by atoms with Crippen LogP contribution < -0.4 is 5.73 Å². The average Bonchev–Trinajstić information content (AvgIpc) is 2.93. The molecule has 4 heteroatoms. The van der Waals surface area contributed by atoms with Crippen molar-refractivity contribution >= 4 is 0 Å². The molecule has 1 saturated heterocycles. The topological polar surface area (TPSA) is 38.5 Å². The molecular formula is C15H23FN2O. The molecule has 0 saturated carbocycles. The number of nitrogens with two attached hydrogens (primary N) is 1. The quantitative estimate of drug-likeness (QED) is 0.859. The molecule has 2 unspecified atom stereocenters. The fourth-order valence-corrected chi connectivity index (χ4v) is 2.71. The Morgan fingerprint density at radius 3 is 2.68 bits per heavy atom. The van der Waals surface area contributed by atoms with Crippen LogP contribution in [0.25, 0.3) is 0 Å². The maximum atomic E-state index is 13.0. The van der Waals surface area contributed by atoms with Gasteiger partial charge in [-0.25, -0.2) is 4.39 Å². The Labute approximate surface area is 114 Å². The van der Waals surface area contributed by atoms with Gasteiger partial charge in [0.1, 0.15) is 5.82 Å². The summed E-state index contributed by atoms with van der Waals surface area (Å²) in [6.45, 7) is 5.34. The summed E-state index contributed by atoms with van der Waals surface area (Å²) in [6.07, 6.45) is 2.58. The molecule has 3 nitrogen and oxygen atoms in total. The zero-order chi connectivity index (χ0) is 13.7. The molecule has 0 amide bonds. The van der Waals surface area contributed by atoms with Gasteiger partial charge in [0, 0.05) is 25.7 Å². The normalized spacial score (nSPS) is 20.9. The van der Waals surface area contributed by atoms with Crippen LogP contribution >= 0.6 is 0 Å². The van der Waals surface area contributed by atoms with Crippen molar-refractivity contribution in [3.63, 3.8) is 0 Å². The van der Waals surface area contributed by atoms with Crippen LogP contribution in [0.2, 0.25) is 0 Å². The van der Waals surface area contributed by atoms with E-state index in [2.05, 4.69) is 11.8 Å². The van der Waals surface area contributed by atoms with Gasteiger partial charge in [0.05, 0.1) is 6.10 Å². The highest BCUT2D eigenvalue weighted by atomic mass is 19.1. The van der Waals surface area contributed by atoms with E-state index in [4.69, 9.17) is 10.5 Å². The van der Waals surface area contributed by atoms with E-state index < -0.39 is 0 Å². The second kappa shape index (κ2) is 6.98. The SMILES string of the molecule is CCN(CC1CCCO1)C(CN)c1ccc(F)cc1. The van der Waals surface area contributed by atoms with Crippen LogP contribution in [0.15, 0.2) is 24.3 Å². The largest absolute Gasteiger partial charge is 0.377 e. The molecule has 19 heavy (non-hydrogen) atoms. The monoisotopic (exact) mass is 266 g/mol. The van der Waals surface area contributed by atoms with Crippen molar-refractivity contribution in [2.75, 3.05) is 26.2 Å². The maximum Gasteiger partial charge on any atom is 0.123 e. The minimum atomic E-state index is -0.207. The third-order valence-electron chi connectivity index (χ3n) is 3.79. The number of hydrogen-bond donors (Lipinski definition) is 1. The van der Waals surface area contributed by atoms with Crippen LogP contribution in [0.3, 0.4) is 0 Å². The molecule has 1 aromatic carbocycles. The first-order valence-electron chi connectivity index (χ1n) is 7.05. The standard InChI is InChI=1S/C15H23FN2O/c1-2-18(11-14-4-3-9-19-14)15(10-17)12-5-7-13(16)8-6-12/h5-8,14-15H,2-4,9-11,17H2,1H3. The first-order chi connectivity index (χ1) is 9.24. The first-order valence-corrected chi connectivity index (χ1v) is 7.05. The van der Waals surface area contributed by atoms with Gasteiger partial charge in [-0.3, -0.25) is 4.90 Å². The fraction of sp³-hybridized carbons (Fsp3) is 0.600. The van der Waals surface area contributed by atoms with Gasteiger partial charge >= 0.3 is 0 Å². The van der Waals surface area contributed by atoms with Crippen molar-refractivity contribution in [1.29, 1.82) is 0 Å². The van der Waals surface area contributed by atoms with Crippen LogP contribution in [0, 0.1) is 5.82 Å². The number of nitrogens with zero attached hydrogens (tertiary/aromatic N) is 1. The Morgan fingerprint density at radius 1 is 1.42 bits per heavy atom. The van der Waals surface area contributed by atoms with Gasteiger partial charge < -0.3 is 10.5 Å². The highest BCUT2D eigenvalue weighted by molar-refractivity contribution is 5.20. The van der Waals surface area contributed by atoms with E-state index >= 15 is 0 Å². The first kappa shape index (κ1) is 14.4. The summed E-state index contributed by atoms with van der Waals surface area (Å²) in [6, 6.07) is 6.78. The summed E-state index contributed by atoms with van der Waals surface area (Å²) in [7, 11) is 0. The lowest BCUT2D eigenvalue weighted by Gasteiger charge is -2.32. The van der Waals surface area contributed by atoms with Crippen LogP contribution in [0.5, 0.6) is 0 Å². The lowest BCUT2D eigenvalue weighted by molar-refractivity contribution is 0.0601. The molecule has 0 spiro atoms. The lowest BCUT2D eigenvalue weighted by Crippen LogP contribution is -2.38. The Hall–Kier alpha value is -0.970. The molecule has 2 N–H and O–H groups in total. The molecule has 0 bridgehead atoms. The summed E-state index contributed by atoms with van der Waals surface area (Å²) in [5.74, 6) is -0.207. The molecule has 0 radical (unpaired) electrons. The van der Waals surface area contributed by atoms with E-state index in [0.717, 1.165) is 38.1 Å². The van der Waals surface area contributed by atoms with Gasteiger partial charge in [0.15, 0.2) is 0 Å².